The van der Waals surface area contributed by atoms with E-state index in [0.29, 0.717) is 23.5 Å². The molecule has 0 saturated heterocycles. The van der Waals surface area contributed by atoms with E-state index in [0.717, 1.165) is 5.56 Å². The summed E-state index contributed by atoms with van der Waals surface area (Å²) in [6, 6.07) is 9.32. The Bertz CT molecular complexity index is 682. The number of rotatable bonds is 3. The van der Waals surface area contributed by atoms with Gasteiger partial charge in [0.2, 0.25) is 0 Å². The SMILES string of the molecule is Cc1nn(Cc2ccccc2C#N)c(C)c1[N+](=O)O. The number of nitrogens with zero attached hydrogens (tertiary/aromatic N) is 4. The molecule has 0 bridgehead atoms. The Hall–Kier alpha value is -2.68. The van der Waals surface area contributed by atoms with Crippen LogP contribution in [0.25, 0.3) is 0 Å². The highest BCUT2D eigenvalue weighted by molar-refractivity contribution is 5.41. The molecule has 0 spiro atoms. The van der Waals surface area contributed by atoms with E-state index in [1.807, 2.05) is 12.1 Å². The summed E-state index contributed by atoms with van der Waals surface area (Å²) < 4.78 is 1.60. The monoisotopic (exact) mass is 257 g/mol. The lowest BCUT2D eigenvalue weighted by Crippen LogP contribution is -2.06. The van der Waals surface area contributed by atoms with Gasteiger partial charge in [0.1, 0.15) is 11.4 Å². The number of aromatic nitrogens is 2. The first-order chi connectivity index (χ1) is 9.04. The van der Waals surface area contributed by atoms with Crippen molar-refractivity contribution in [3.05, 3.63) is 51.7 Å². The molecule has 1 heterocycles. The first kappa shape index (κ1) is 12.8. The van der Waals surface area contributed by atoms with Crippen LogP contribution in [0.1, 0.15) is 22.5 Å². The Balaban J connectivity index is 2.43. The molecule has 2 aromatic rings. The molecule has 0 saturated carbocycles. The molecule has 0 aliphatic carbocycles. The first-order valence-corrected chi connectivity index (χ1v) is 5.72. The molecule has 0 fully saturated rings. The van der Waals surface area contributed by atoms with Gasteiger partial charge in [0.15, 0.2) is 0 Å². The summed E-state index contributed by atoms with van der Waals surface area (Å²) in [5, 5.41) is 22.3. The molecule has 6 heteroatoms. The third kappa shape index (κ3) is 2.31. The molecule has 0 atom stereocenters. The highest BCUT2D eigenvalue weighted by Crippen LogP contribution is 2.22. The maximum Gasteiger partial charge on any atom is 0.359 e. The van der Waals surface area contributed by atoms with E-state index in [1.165, 1.54) is 0 Å². The summed E-state index contributed by atoms with van der Waals surface area (Å²) in [7, 11) is 0. The predicted octanol–water partition coefficient (Wildman–Crippen LogP) is 2.22. The molecule has 1 N–H and O–H groups in total. The van der Waals surface area contributed by atoms with Gasteiger partial charge in [-0.25, -0.2) is 5.21 Å². The van der Waals surface area contributed by atoms with Crippen LogP contribution in [0.2, 0.25) is 0 Å². The largest absolute Gasteiger partial charge is 0.359 e. The summed E-state index contributed by atoms with van der Waals surface area (Å²) in [5.74, 6) is 0. The third-order valence-corrected chi connectivity index (χ3v) is 2.99. The van der Waals surface area contributed by atoms with Gasteiger partial charge >= 0.3 is 5.69 Å². The van der Waals surface area contributed by atoms with Crippen molar-refractivity contribution < 1.29 is 10.1 Å². The lowest BCUT2D eigenvalue weighted by atomic mass is 10.1. The average molecular weight is 257 g/mol. The minimum Gasteiger partial charge on any atom is -0.258 e. The Morgan fingerprint density at radius 3 is 2.68 bits per heavy atom. The van der Waals surface area contributed by atoms with E-state index in [2.05, 4.69) is 11.2 Å². The summed E-state index contributed by atoms with van der Waals surface area (Å²) in [6.07, 6.45) is 0. The zero-order chi connectivity index (χ0) is 14.0. The standard InChI is InChI=1S/C13H13N4O2/c1-9-13(17(18)19)10(2)16(15-9)8-12-6-4-3-5-11(12)7-14/h3-6H,8H2,1-2H3,(H,18,19)/q+1. The zero-order valence-electron chi connectivity index (χ0n) is 10.7. The Morgan fingerprint density at radius 1 is 1.42 bits per heavy atom. The Kier molecular flexibility index (Phi) is 3.29. The van der Waals surface area contributed by atoms with E-state index >= 15 is 0 Å². The fourth-order valence-electron chi connectivity index (χ4n) is 2.05. The van der Waals surface area contributed by atoms with Crippen molar-refractivity contribution in [2.24, 2.45) is 0 Å². The highest BCUT2D eigenvalue weighted by Gasteiger charge is 2.26. The predicted molar refractivity (Wildman–Crippen MR) is 67.0 cm³/mol. The maximum atomic E-state index is 11.0. The van der Waals surface area contributed by atoms with Gasteiger partial charge in [0.05, 0.1) is 23.1 Å². The molecule has 0 aliphatic heterocycles. The van der Waals surface area contributed by atoms with Crippen LogP contribution in [0, 0.1) is 30.1 Å². The molecule has 1 aromatic carbocycles. The number of nitriles is 1. The van der Waals surface area contributed by atoms with Crippen molar-refractivity contribution in [3.63, 3.8) is 0 Å². The van der Waals surface area contributed by atoms with Gasteiger partial charge in [-0.15, -0.1) is 0 Å². The van der Waals surface area contributed by atoms with Gasteiger partial charge < -0.3 is 0 Å². The number of aryl methyl sites for hydroxylation is 1. The van der Waals surface area contributed by atoms with E-state index in [1.54, 1.807) is 30.7 Å². The number of hydrogen-bond acceptors (Lipinski definition) is 3. The molecule has 0 amide bonds. The average Bonchev–Trinajstić information content (AvgIpc) is 2.65. The van der Waals surface area contributed by atoms with Crippen molar-refractivity contribution in [1.29, 1.82) is 5.26 Å². The molecule has 0 radical (unpaired) electrons. The Morgan fingerprint density at radius 2 is 2.11 bits per heavy atom. The van der Waals surface area contributed by atoms with Crippen molar-refractivity contribution in [1.82, 2.24) is 9.78 Å². The molecule has 6 nitrogen and oxygen atoms in total. The smallest absolute Gasteiger partial charge is 0.258 e. The van der Waals surface area contributed by atoms with Crippen LogP contribution in [0.5, 0.6) is 0 Å². The van der Waals surface area contributed by atoms with Gasteiger partial charge in [-0.05, 0) is 25.5 Å². The van der Waals surface area contributed by atoms with E-state index in [4.69, 9.17) is 10.5 Å². The second kappa shape index (κ2) is 4.90. The molecule has 96 valence electrons. The van der Waals surface area contributed by atoms with Gasteiger partial charge in [0, 0.05) is 0 Å². The van der Waals surface area contributed by atoms with Crippen LogP contribution < -0.4 is 0 Å². The van der Waals surface area contributed by atoms with E-state index < -0.39 is 0 Å². The Labute approximate surface area is 110 Å². The molecule has 1 aromatic heterocycles. The zero-order valence-corrected chi connectivity index (χ0v) is 10.7. The van der Waals surface area contributed by atoms with Crippen LogP contribution in [0.4, 0.5) is 5.69 Å². The molecular formula is C13H13N4O2+. The molecular weight excluding hydrogens is 244 g/mol. The fourth-order valence-corrected chi connectivity index (χ4v) is 2.05. The molecule has 19 heavy (non-hydrogen) atoms. The van der Waals surface area contributed by atoms with Gasteiger partial charge in [0.25, 0.3) is 4.92 Å². The summed E-state index contributed by atoms with van der Waals surface area (Å²) in [5.41, 5.74) is 2.54. The van der Waals surface area contributed by atoms with Crippen LogP contribution in [0.15, 0.2) is 24.3 Å². The lowest BCUT2D eigenvalue weighted by Gasteiger charge is -2.05. The van der Waals surface area contributed by atoms with Gasteiger partial charge in [-0.2, -0.15) is 10.4 Å². The van der Waals surface area contributed by atoms with Gasteiger partial charge in [-0.1, -0.05) is 18.2 Å². The lowest BCUT2D eigenvalue weighted by molar-refractivity contribution is -0.730. The van der Waals surface area contributed by atoms with Gasteiger partial charge in [-0.3, -0.25) is 4.68 Å². The molecule has 0 aliphatic rings. The summed E-state index contributed by atoms with van der Waals surface area (Å²) in [6.45, 7) is 3.73. The van der Waals surface area contributed by atoms with Crippen LogP contribution in [-0.2, 0) is 6.54 Å². The maximum absolute atomic E-state index is 11.0. The number of hydrogen-bond donors (Lipinski definition) is 1. The molecule has 2 rings (SSSR count). The van der Waals surface area contributed by atoms with Crippen LogP contribution >= 0.6 is 0 Å². The topological polar surface area (TPSA) is 81.9 Å². The fraction of sp³-hybridized carbons (Fsp3) is 0.231. The third-order valence-electron chi connectivity index (χ3n) is 2.99. The van der Waals surface area contributed by atoms with Crippen LogP contribution in [0.3, 0.4) is 0 Å². The first-order valence-electron chi connectivity index (χ1n) is 5.72. The summed E-state index contributed by atoms with van der Waals surface area (Å²) in [4.78, 5) is 10.9. The summed E-state index contributed by atoms with van der Waals surface area (Å²) >= 11 is 0. The second-order valence-electron chi connectivity index (χ2n) is 4.22. The molecule has 0 unspecified atom stereocenters. The van der Waals surface area contributed by atoms with Crippen molar-refractivity contribution >= 4 is 5.69 Å². The normalized spacial score (nSPS) is 10.2. The minimum atomic E-state index is -0.176. The van der Waals surface area contributed by atoms with Crippen molar-refractivity contribution in [2.45, 2.75) is 20.4 Å². The number of benzene rings is 1. The van der Waals surface area contributed by atoms with Crippen molar-refractivity contribution in [2.75, 3.05) is 0 Å². The van der Waals surface area contributed by atoms with E-state index in [-0.39, 0.29) is 10.6 Å². The second-order valence-corrected chi connectivity index (χ2v) is 4.22. The highest BCUT2D eigenvalue weighted by atomic mass is 16.6. The van der Waals surface area contributed by atoms with Crippen LogP contribution in [-0.4, -0.2) is 19.9 Å². The minimum absolute atomic E-state index is 0.148. The van der Waals surface area contributed by atoms with E-state index in [9.17, 15) is 4.91 Å². The quantitative estimate of drug-likeness (QED) is 0.855. The van der Waals surface area contributed by atoms with Crippen molar-refractivity contribution in [3.8, 4) is 6.07 Å².